The highest BCUT2D eigenvalue weighted by molar-refractivity contribution is 6.02. The van der Waals surface area contributed by atoms with Crippen LogP contribution in [0.5, 0.6) is 0 Å². The zero-order chi connectivity index (χ0) is 16.7. The number of hydrogen-bond acceptors (Lipinski definition) is 3. The molecule has 5 heteroatoms. The van der Waals surface area contributed by atoms with E-state index < -0.39 is 12.1 Å². The maximum absolute atomic E-state index is 12.2. The molecule has 3 N–H and O–H groups in total. The molecule has 124 valence electrons. The molecule has 1 saturated carbocycles. The van der Waals surface area contributed by atoms with Crippen LogP contribution in [-0.4, -0.2) is 24.0 Å². The molecule has 0 bridgehead atoms. The van der Waals surface area contributed by atoms with Crippen LogP contribution >= 0.6 is 0 Å². The first-order chi connectivity index (χ1) is 11.6. The van der Waals surface area contributed by atoms with Crippen molar-refractivity contribution in [1.82, 2.24) is 10.6 Å². The molecule has 2 aromatic carbocycles. The van der Waals surface area contributed by atoms with E-state index >= 15 is 0 Å². The Labute approximate surface area is 140 Å². The summed E-state index contributed by atoms with van der Waals surface area (Å²) in [6.45, 7) is 1.77. The van der Waals surface area contributed by atoms with Gasteiger partial charge in [0.2, 0.25) is 5.91 Å². The molecule has 0 heterocycles. The maximum Gasteiger partial charge on any atom is 0.321 e. The number of rotatable bonds is 4. The molecule has 0 spiro atoms. The van der Waals surface area contributed by atoms with Crippen LogP contribution in [0.3, 0.4) is 0 Å². The fourth-order valence-corrected chi connectivity index (χ4v) is 3.34. The molecule has 0 saturated heterocycles. The second-order valence-electron chi connectivity index (χ2n) is 6.71. The Balaban J connectivity index is 1.49. The SMILES string of the molecule is CC(Nc1ccc2c3c(cccc13)CC2)C(=O)NC(=O)NC1CC1. The number of carbonyl (C=O) groups excluding carboxylic acids is 2. The van der Waals surface area contributed by atoms with Gasteiger partial charge in [0, 0.05) is 17.1 Å². The molecular formula is C19H21N3O2. The van der Waals surface area contributed by atoms with Gasteiger partial charge < -0.3 is 10.6 Å². The number of urea groups is 1. The van der Waals surface area contributed by atoms with Gasteiger partial charge in [-0.3, -0.25) is 10.1 Å². The van der Waals surface area contributed by atoms with E-state index in [-0.39, 0.29) is 11.9 Å². The van der Waals surface area contributed by atoms with Crippen LogP contribution in [0.2, 0.25) is 0 Å². The molecule has 1 unspecified atom stereocenters. The van der Waals surface area contributed by atoms with Crippen molar-refractivity contribution in [2.24, 2.45) is 0 Å². The predicted octanol–water partition coefficient (Wildman–Crippen LogP) is 2.73. The fourth-order valence-electron chi connectivity index (χ4n) is 3.34. The second-order valence-corrected chi connectivity index (χ2v) is 6.71. The van der Waals surface area contributed by atoms with Gasteiger partial charge >= 0.3 is 6.03 Å². The lowest BCUT2D eigenvalue weighted by Crippen LogP contribution is -2.46. The fraction of sp³-hybridized carbons (Fsp3) is 0.368. The molecule has 0 aromatic heterocycles. The largest absolute Gasteiger partial charge is 0.373 e. The third-order valence-electron chi connectivity index (χ3n) is 4.79. The first-order valence-electron chi connectivity index (χ1n) is 8.53. The summed E-state index contributed by atoms with van der Waals surface area (Å²) in [6.07, 6.45) is 4.15. The van der Waals surface area contributed by atoms with Crippen molar-refractivity contribution in [2.45, 2.75) is 44.7 Å². The van der Waals surface area contributed by atoms with E-state index in [1.807, 2.05) is 6.07 Å². The molecule has 3 amide bonds. The standard InChI is InChI=1S/C19H21N3O2/c1-11(18(23)22-19(24)21-14-8-9-14)20-16-10-7-13-6-5-12-3-2-4-15(16)17(12)13/h2-4,7,10-11,14,20H,5-6,8-9H2,1H3,(H2,21,22,23,24). The van der Waals surface area contributed by atoms with Gasteiger partial charge in [-0.05, 0) is 55.2 Å². The molecule has 4 rings (SSSR count). The van der Waals surface area contributed by atoms with Crippen LogP contribution < -0.4 is 16.0 Å². The van der Waals surface area contributed by atoms with Gasteiger partial charge in [-0.25, -0.2) is 4.79 Å². The van der Waals surface area contributed by atoms with E-state index in [2.05, 4.69) is 40.2 Å². The summed E-state index contributed by atoms with van der Waals surface area (Å²) in [4.78, 5) is 23.9. The quantitative estimate of drug-likeness (QED) is 0.810. The van der Waals surface area contributed by atoms with Crippen LogP contribution in [0, 0.1) is 0 Å². The van der Waals surface area contributed by atoms with Crippen molar-refractivity contribution in [1.29, 1.82) is 0 Å². The Morgan fingerprint density at radius 3 is 2.58 bits per heavy atom. The third-order valence-corrected chi connectivity index (χ3v) is 4.79. The number of nitrogens with one attached hydrogen (secondary N) is 3. The van der Waals surface area contributed by atoms with E-state index in [0.29, 0.717) is 0 Å². The van der Waals surface area contributed by atoms with Gasteiger partial charge in [-0.2, -0.15) is 0 Å². The summed E-state index contributed by atoms with van der Waals surface area (Å²) < 4.78 is 0. The summed E-state index contributed by atoms with van der Waals surface area (Å²) in [7, 11) is 0. The predicted molar refractivity (Wildman–Crippen MR) is 94.1 cm³/mol. The molecule has 0 radical (unpaired) electrons. The molecular weight excluding hydrogens is 302 g/mol. The number of imide groups is 1. The lowest BCUT2D eigenvalue weighted by Gasteiger charge is -2.17. The molecule has 1 atom stereocenters. The smallest absolute Gasteiger partial charge is 0.321 e. The minimum absolute atomic E-state index is 0.234. The van der Waals surface area contributed by atoms with Crippen molar-refractivity contribution in [2.75, 3.05) is 5.32 Å². The number of aryl methyl sites for hydroxylation is 2. The average molecular weight is 323 g/mol. The van der Waals surface area contributed by atoms with Crippen LogP contribution in [0.25, 0.3) is 10.8 Å². The number of amides is 3. The third kappa shape index (κ3) is 2.82. The molecule has 2 aliphatic carbocycles. The molecule has 0 aliphatic heterocycles. The van der Waals surface area contributed by atoms with Crippen molar-refractivity contribution in [3.8, 4) is 0 Å². The zero-order valence-corrected chi connectivity index (χ0v) is 13.7. The Bertz CT molecular complexity index is 816. The highest BCUT2D eigenvalue weighted by atomic mass is 16.2. The molecule has 1 fully saturated rings. The first kappa shape index (κ1) is 15.0. The van der Waals surface area contributed by atoms with Gasteiger partial charge in [0.1, 0.15) is 6.04 Å². The second kappa shape index (κ2) is 5.82. The Morgan fingerprint density at radius 2 is 1.83 bits per heavy atom. The lowest BCUT2D eigenvalue weighted by molar-refractivity contribution is -0.120. The van der Waals surface area contributed by atoms with Gasteiger partial charge in [0.05, 0.1) is 0 Å². The van der Waals surface area contributed by atoms with Gasteiger partial charge in [0.15, 0.2) is 0 Å². The maximum atomic E-state index is 12.2. The Morgan fingerprint density at radius 1 is 1.08 bits per heavy atom. The van der Waals surface area contributed by atoms with E-state index in [0.717, 1.165) is 36.8 Å². The number of hydrogen-bond donors (Lipinski definition) is 3. The summed E-state index contributed by atoms with van der Waals surface area (Å²) >= 11 is 0. The van der Waals surface area contributed by atoms with Crippen LogP contribution in [0.4, 0.5) is 10.5 Å². The molecule has 2 aliphatic rings. The van der Waals surface area contributed by atoms with Crippen molar-refractivity contribution >= 4 is 28.4 Å². The molecule has 2 aromatic rings. The van der Waals surface area contributed by atoms with Gasteiger partial charge in [-0.15, -0.1) is 0 Å². The minimum atomic E-state index is -0.492. The van der Waals surface area contributed by atoms with Crippen molar-refractivity contribution < 1.29 is 9.59 Å². The molecule has 24 heavy (non-hydrogen) atoms. The topological polar surface area (TPSA) is 70.2 Å². The monoisotopic (exact) mass is 323 g/mol. The Hall–Kier alpha value is -2.56. The van der Waals surface area contributed by atoms with E-state index in [1.54, 1.807) is 6.92 Å². The highest BCUT2D eigenvalue weighted by Crippen LogP contribution is 2.35. The van der Waals surface area contributed by atoms with Crippen molar-refractivity contribution in [3.63, 3.8) is 0 Å². The Kier molecular flexibility index (Phi) is 3.63. The summed E-state index contributed by atoms with van der Waals surface area (Å²) in [5, 5.41) is 10.9. The summed E-state index contributed by atoms with van der Waals surface area (Å²) in [6, 6.07) is 9.81. The first-order valence-corrected chi connectivity index (χ1v) is 8.53. The average Bonchev–Trinajstić information content (AvgIpc) is 3.28. The molecule has 5 nitrogen and oxygen atoms in total. The van der Waals surface area contributed by atoms with Crippen molar-refractivity contribution in [3.05, 3.63) is 41.5 Å². The minimum Gasteiger partial charge on any atom is -0.373 e. The summed E-state index contributed by atoms with van der Waals surface area (Å²) in [5.74, 6) is -0.323. The number of benzene rings is 2. The van der Waals surface area contributed by atoms with E-state index in [4.69, 9.17) is 0 Å². The number of anilines is 1. The van der Waals surface area contributed by atoms with E-state index in [1.165, 1.54) is 16.5 Å². The summed E-state index contributed by atoms with van der Waals surface area (Å²) in [5.41, 5.74) is 3.67. The number of carbonyl (C=O) groups is 2. The van der Waals surface area contributed by atoms with Crippen LogP contribution in [-0.2, 0) is 17.6 Å². The normalized spacial score (nSPS) is 16.7. The van der Waals surface area contributed by atoms with Crippen LogP contribution in [0.1, 0.15) is 30.9 Å². The highest BCUT2D eigenvalue weighted by Gasteiger charge is 2.25. The van der Waals surface area contributed by atoms with Gasteiger partial charge in [0.25, 0.3) is 0 Å². The van der Waals surface area contributed by atoms with E-state index in [9.17, 15) is 9.59 Å². The van der Waals surface area contributed by atoms with Crippen LogP contribution in [0.15, 0.2) is 30.3 Å². The zero-order valence-electron chi connectivity index (χ0n) is 13.7. The van der Waals surface area contributed by atoms with Gasteiger partial charge in [-0.1, -0.05) is 24.3 Å². The lowest BCUT2D eigenvalue weighted by atomic mass is 10.0.